The van der Waals surface area contributed by atoms with Gasteiger partial charge in [-0.1, -0.05) is 24.3 Å². The lowest BCUT2D eigenvalue weighted by Gasteiger charge is -2.19. The van der Waals surface area contributed by atoms with Gasteiger partial charge in [-0.15, -0.1) is 0 Å². The molecule has 6 heteroatoms. The average Bonchev–Trinajstić information content (AvgIpc) is 2.86. The summed E-state index contributed by atoms with van der Waals surface area (Å²) in [6.45, 7) is 4.24. The van der Waals surface area contributed by atoms with Gasteiger partial charge in [-0.05, 0) is 61.9 Å². The Hall–Kier alpha value is -3.80. The number of aryl methyl sites for hydroxylation is 1. The zero-order valence-electron chi connectivity index (χ0n) is 16.8. The number of hydrogen-bond acceptors (Lipinski definition) is 4. The van der Waals surface area contributed by atoms with Gasteiger partial charge in [0.2, 0.25) is 0 Å². The van der Waals surface area contributed by atoms with Crippen molar-refractivity contribution < 1.29 is 19.1 Å². The molecule has 0 radical (unpaired) electrons. The maximum Gasteiger partial charge on any atom is 0.262 e. The second-order valence-corrected chi connectivity index (χ2v) is 6.98. The summed E-state index contributed by atoms with van der Waals surface area (Å²) in [6.07, 6.45) is 0. The number of hydrogen-bond donors (Lipinski definition) is 1. The van der Waals surface area contributed by atoms with E-state index in [4.69, 9.17) is 9.47 Å². The maximum absolute atomic E-state index is 13.1. The first-order valence-electron chi connectivity index (χ1n) is 9.77. The van der Waals surface area contributed by atoms with E-state index in [1.165, 1.54) is 0 Å². The highest BCUT2D eigenvalue weighted by atomic mass is 16.5. The van der Waals surface area contributed by atoms with Crippen LogP contribution in [0.5, 0.6) is 17.2 Å². The molecular formula is C24H22N2O4. The maximum atomic E-state index is 13.1. The van der Waals surface area contributed by atoms with Gasteiger partial charge in [-0.2, -0.15) is 0 Å². The molecule has 4 rings (SSSR count). The topological polar surface area (TPSA) is 67.9 Å². The average molecular weight is 402 g/mol. The van der Waals surface area contributed by atoms with Gasteiger partial charge in [0.1, 0.15) is 11.5 Å². The van der Waals surface area contributed by atoms with E-state index < -0.39 is 0 Å². The van der Waals surface area contributed by atoms with Gasteiger partial charge in [0.15, 0.2) is 12.4 Å². The number of benzene rings is 3. The monoisotopic (exact) mass is 402 g/mol. The summed E-state index contributed by atoms with van der Waals surface area (Å²) in [5, 5.41) is 2.78. The van der Waals surface area contributed by atoms with E-state index in [1.54, 1.807) is 29.2 Å². The minimum atomic E-state index is -0.311. The number of rotatable bonds is 5. The van der Waals surface area contributed by atoms with Crippen molar-refractivity contribution in [3.05, 3.63) is 77.9 Å². The van der Waals surface area contributed by atoms with Crippen molar-refractivity contribution in [2.75, 3.05) is 23.4 Å². The predicted molar refractivity (Wildman–Crippen MR) is 116 cm³/mol. The van der Waals surface area contributed by atoms with Gasteiger partial charge in [0.25, 0.3) is 11.8 Å². The predicted octanol–water partition coefficient (Wildman–Crippen LogP) is 4.78. The number of anilines is 2. The standard InChI is InChI=1S/C24H22N2O4/c1-3-26-20-9-4-5-10-22(20)30-21-12-11-17(14-19(21)24(26)28)25-23(27)15-29-18-8-6-7-16(2)13-18/h4-14H,3,15H2,1-2H3,(H,25,27). The van der Waals surface area contributed by atoms with Crippen LogP contribution in [0.15, 0.2) is 66.7 Å². The van der Waals surface area contributed by atoms with Crippen LogP contribution in [0.1, 0.15) is 22.8 Å². The van der Waals surface area contributed by atoms with E-state index in [2.05, 4.69) is 5.32 Å². The lowest BCUT2D eigenvalue weighted by atomic mass is 10.1. The Bertz CT molecular complexity index is 1110. The van der Waals surface area contributed by atoms with E-state index >= 15 is 0 Å². The molecule has 0 fully saturated rings. The van der Waals surface area contributed by atoms with Gasteiger partial charge >= 0.3 is 0 Å². The van der Waals surface area contributed by atoms with Gasteiger partial charge in [-0.3, -0.25) is 9.59 Å². The lowest BCUT2D eigenvalue weighted by Crippen LogP contribution is -2.30. The van der Waals surface area contributed by atoms with Crippen molar-refractivity contribution in [2.24, 2.45) is 0 Å². The number of nitrogens with zero attached hydrogens (tertiary/aromatic N) is 1. The quantitative estimate of drug-likeness (QED) is 0.667. The van der Waals surface area contributed by atoms with E-state index in [9.17, 15) is 9.59 Å². The molecule has 0 atom stereocenters. The van der Waals surface area contributed by atoms with Gasteiger partial charge < -0.3 is 19.7 Å². The van der Waals surface area contributed by atoms with Crippen molar-refractivity contribution in [3.63, 3.8) is 0 Å². The van der Waals surface area contributed by atoms with Crippen molar-refractivity contribution in [2.45, 2.75) is 13.8 Å². The molecule has 3 aromatic rings. The fraction of sp³-hybridized carbons (Fsp3) is 0.167. The Balaban J connectivity index is 1.52. The van der Waals surface area contributed by atoms with Crippen molar-refractivity contribution in [1.82, 2.24) is 0 Å². The molecule has 2 amide bonds. The lowest BCUT2D eigenvalue weighted by molar-refractivity contribution is -0.118. The Morgan fingerprint density at radius 1 is 1.03 bits per heavy atom. The molecule has 0 aromatic heterocycles. The first-order chi connectivity index (χ1) is 14.5. The third-order valence-corrected chi connectivity index (χ3v) is 4.79. The molecule has 1 aliphatic heterocycles. The summed E-state index contributed by atoms with van der Waals surface area (Å²) in [4.78, 5) is 27.1. The first kappa shape index (κ1) is 19.5. The molecule has 0 unspecified atom stereocenters. The Labute approximate surface area is 175 Å². The van der Waals surface area contributed by atoms with Crippen LogP contribution in [-0.2, 0) is 4.79 Å². The molecule has 0 bridgehead atoms. The molecule has 0 saturated heterocycles. The highest BCUT2D eigenvalue weighted by molar-refractivity contribution is 6.10. The molecule has 0 aliphatic carbocycles. The Kier molecular flexibility index (Phi) is 5.39. The van der Waals surface area contributed by atoms with E-state index in [0.29, 0.717) is 35.0 Å². The SMILES string of the molecule is CCN1C(=O)c2cc(NC(=O)COc3cccc(C)c3)ccc2Oc2ccccc21. The molecule has 3 aromatic carbocycles. The van der Waals surface area contributed by atoms with E-state index in [-0.39, 0.29) is 18.4 Å². The summed E-state index contributed by atoms with van der Waals surface area (Å²) in [7, 11) is 0. The van der Waals surface area contributed by atoms with Crippen LogP contribution >= 0.6 is 0 Å². The summed E-state index contributed by atoms with van der Waals surface area (Å²) in [5.41, 5.74) is 2.67. The molecule has 0 saturated carbocycles. The first-order valence-corrected chi connectivity index (χ1v) is 9.77. The molecular weight excluding hydrogens is 380 g/mol. The zero-order chi connectivity index (χ0) is 21.1. The van der Waals surface area contributed by atoms with Crippen LogP contribution in [-0.4, -0.2) is 25.0 Å². The summed E-state index contributed by atoms with van der Waals surface area (Å²) < 4.78 is 11.5. The van der Waals surface area contributed by atoms with Crippen molar-refractivity contribution in [3.8, 4) is 17.2 Å². The highest BCUT2D eigenvalue weighted by Gasteiger charge is 2.27. The van der Waals surface area contributed by atoms with Gasteiger partial charge in [-0.25, -0.2) is 0 Å². The second kappa shape index (κ2) is 8.29. The Morgan fingerprint density at radius 3 is 2.67 bits per heavy atom. The molecule has 1 N–H and O–H groups in total. The summed E-state index contributed by atoms with van der Waals surface area (Å²) in [5.74, 6) is 1.22. The molecule has 30 heavy (non-hydrogen) atoms. The fourth-order valence-electron chi connectivity index (χ4n) is 3.37. The van der Waals surface area contributed by atoms with Crippen LogP contribution in [0, 0.1) is 6.92 Å². The summed E-state index contributed by atoms with van der Waals surface area (Å²) >= 11 is 0. The third-order valence-electron chi connectivity index (χ3n) is 4.79. The van der Waals surface area contributed by atoms with Crippen LogP contribution in [0.4, 0.5) is 11.4 Å². The third kappa shape index (κ3) is 3.98. The second-order valence-electron chi connectivity index (χ2n) is 6.98. The number of ether oxygens (including phenoxy) is 2. The molecule has 1 heterocycles. The van der Waals surface area contributed by atoms with Crippen LogP contribution in [0.25, 0.3) is 0 Å². The fourth-order valence-corrected chi connectivity index (χ4v) is 3.37. The van der Waals surface area contributed by atoms with E-state index in [1.807, 2.05) is 56.3 Å². The van der Waals surface area contributed by atoms with Crippen LogP contribution < -0.4 is 19.7 Å². The number of para-hydroxylation sites is 2. The van der Waals surface area contributed by atoms with Crippen molar-refractivity contribution in [1.29, 1.82) is 0 Å². The van der Waals surface area contributed by atoms with Crippen LogP contribution in [0.3, 0.4) is 0 Å². The van der Waals surface area contributed by atoms with Gasteiger partial charge in [0, 0.05) is 12.2 Å². The molecule has 0 spiro atoms. The Morgan fingerprint density at radius 2 is 1.87 bits per heavy atom. The minimum absolute atomic E-state index is 0.127. The smallest absolute Gasteiger partial charge is 0.262 e. The highest BCUT2D eigenvalue weighted by Crippen LogP contribution is 2.39. The van der Waals surface area contributed by atoms with Gasteiger partial charge in [0.05, 0.1) is 11.3 Å². The number of amides is 2. The normalized spacial score (nSPS) is 12.3. The number of fused-ring (bicyclic) bond motifs is 2. The number of carbonyl (C=O) groups excluding carboxylic acids is 2. The molecule has 6 nitrogen and oxygen atoms in total. The van der Waals surface area contributed by atoms with Crippen molar-refractivity contribution >= 4 is 23.2 Å². The summed E-state index contributed by atoms with van der Waals surface area (Å²) in [6, 6.07) is 20.0. The molecule has 152 valence electrons. The largest absolute Gasteiger partial charge is 0.484 e. The number of carbonyl (C=O) groups is 2. The molecule has 1 aliphatic rings. The minimum Gasteiger partial charge on any atom is -0.484 e. The van der Waals surface area contributed by atoms with Crippen LogP contribution in [0.2, 0.25) is 0 Å². The zero-order valence-corrected chi connectivity index (χ0v) is 16.8. The number of nitrogens with one attached hydrogen (secondary N) is 1. The van der Waals surface area contributed by atoms with E-state index in [0.717, 1.165) is 11.3 Å².